The molecule has 1 aromatic carbocycles. The summed E-state index contributed by atoms with van der Waals surface area (Å²) in [6.45, 7) is 1.63. The average molecular weight is 440 g/mol. The maximum atomic E-state index is 13.0. The number of rotatable bonds is 4. The Bertz CT molecular complexity index is 1360. The summed E-state index contributed by atoms with van der Waals surface area (Å²) >= 11 is 0. The van der Waals surface area contributed by atoms with E-state index in [0.717, 1.165) is 10.9 Å². The van der Waals surface area contributed by atoms with Crippen molar-refractivity contribution in [3.63, 3.8) is 0 Å². The summed E-state index contributed by atoms with van der Waals surface area (Å²) in [5.41, 5.74) is 0.300. The lowest BCUT2D eigenvalue weighted by molar-refractivity contribution is -0.127. The van der Waals surface area contributed by atoms with E-state index in [1.807, 2.05) is 30.3 Å². The van der Waals surface area contributed by atoms with Gasteiger partial charge in [-0.05, 0) is 31.1 Å². The van der Waals surface area contributed by atoms with E-state index in [1.54, 1.807) is 19.1 Å². The Morgan fingerprint density at radius 2 is 2.06 bits per heavy atom. The second kappa shape index (κ2) is 8.52. The topological polar surface area (TPSA) is 101 Å². The minimum atomic E-state index is -1.64. The van der Waals surface area contributed by atoms with Crippen LogP contribution in [0.25, 0.3) is 10.9 Å². The number of amides is 4. The third-order valence-electron chi connectivity index (χ3n) is 5.41. The van der Waals surface area contributed by atoms with Crippen LogP contribution in [0.5, 0.6) is 0 Å². The van der Waals surface area contributed by atoms with Crippen molar-refractivity contribution >= 4 is 28.7 Å². The van der Waals surface area contributed by atoms with Gasteiger partial charge in [-0.15, -0.1) is 6.42 Å². The van der Waals surface area contributed by atoms with Crippen molar-refractivity contribution in [3.05, 3.63) is 65.1 Å². The lowest BCUT2D eigenvalue weighted by Crippen LogP contribution is -2.55. The van der Waals surface area contributed by atoms with Crippen molar-refractivity contribution in [3.8, 4) is 24.2 Å². The Hall–Kier alpha value is -4.56. The van der Waals surface area contributed by atoms with Gasteiger partial charge in [0.25, 0.3) is 11.8 Å². The summed E-state index contributed by atoms with van der Waals surface area (Å²) in [5, 5.41) is 5.72. The molecule has 4 amide bonds. The first-order chi connectivity index (χ1) is 15.8. The third kappa shape index (κ3) is 4.15. The van der Waals surface area contributed by atoms with Crippen molar-refractivity contribution in [2.45, 2.75) is 12.5 Å². The Balaban J connectivity index is 1.66. The monoisotopic (exact) mass is 440 g/mol. The van der Waals surface area contributed by atoms with Crippen molar-refractivity contribution in [1.82, 2.24) is 20.5 Å². The SMILES string of the molecule is C#CC1=C(/C=C(\C)OC)C(=O)N(C[C@@]2(C#Cc3ccc4ccccc4n3)NC(=O)NC2=O)C1. The number of terminal acetylenes is 1. The van der Waals surface area contributed by atoms with E-state index in [-0.39, 0.29) is 19.0 Å². The number of nitrogens with one attached hydrogen (secondary N) is 2. The molecule has 2 aromatic rings. The number of carbonyl (C=O) groups excluding carboxylic acids is 3. The van der Waals surface area contributed by atoms with Crippen molar-refractivity contribution < 1.29 is 19.1 Å². The number of ether oxygens (including phenoxy) is 1. The van der Waals surface area contributed by atoms with Gasteiger partial charge in [-0.2, -0.15) is 0 Å². The number of fused-ring (bicyclic) bond motifs is 1. The van der Waals surface area contributed by atoms with Gasteiger partial charge in [0.1, 0.15) is 5.69 Å². The van der Waals surface area contributed by atoms with Gasteiger partial charge in [0, 0.05) is 11.0 Å². The predicted octanol–water partition coefficient (Wildman–Crippen LogP) is 1.49. The number of urea groups is 1. The molecule has 33 heavy (non-hydrogen) atoms. The lowest BCUT2D eigenvalue weighted by Gasteiger charge is -2.26. The second-order valence-corrected chi connectivity index (χ2v) is 7.61. The quantitative estimate of drug-likeness (QED) is 0.426. The number of para-hydroxylation sites is 1. The third-order valence-corrected chi connectivity index (χ3v) is 5.41. The Morgan fingerprint density at radius 3 is 2.76 bits per heavy atom. The summed E-state index contributed by atoms with van der Waals surface area (Å²) in [7, 11) is 1.49. The summed E-state index contributed by atoms with van der Waals surface area (Å²) in [6, 6.07) is 10.5. The molecule has 164 valence electrons. The molecule has 0 spiro atoms. The molecule has 1 aromatic heterocycles. The summed E-state index contributed by atoms with van der Waals surface area (Å²) in [4.78, 5) is 43.6. The van der Waals surface area contributed by atoms with Crippen LogP contribution in [0.4, 0.5) is 4.79 Å². The van der Waals surface area contributed by atoms with Gasteiger partial charge in [0.2, 0.25) is 5.54 Å². The first-order valence-electron chi connectivity index (χ1n) is 10.1. The van der Waals surface area contributed by atoms with E-state index >= 15 is 0 Å². The first-order valence-corrected chi connectivity index (χ1v) is 10.1. The van der Waals surface area contributed by atoms with Gasteiger partial charge < -0.3 is 15.0 Å². The van der Waals surface area contributed by atoms with Crippen LogP contribution in [0.1, 0.15) is 12.6 Å². The molecule has 2 aliphatic heterocycles. The molecule has 0 unspecified atom stereocenters. The van der Waals surface area contributed by atoms with E-state index in [0.29, 0.717) is 22.6 Å². The zero-order valence-corrected chi connectivity index (χ0v) is 18.1. The molecule has 1 atom stereocenters. The molecule has 2 aliphatic rings. The van der Waals surface area contributed by atoms with E-state index in [1.165, 1.54) is 12.0 Å². The van der Waals surface area contributed by atoms with Gasteiger partial charge >= 0.3 is 6.03 Å². The molecule has 1 fully saturated rings. The van der Waals surface area contributed by atoms with E-state index in [2.05, 4.69) is 33.4 Å². The minimum Gasteiger partial charge on any atom is -0.501 e. The molecule has 0 radical (unpaired) electrons. The molecule has 0 saturated carbocycles. The Kier molecular flexibility index (Phi) is 5.60. The highest BCUT2D eigenvalue weighted by Gasteiger charge is 2.48. The number of methoxy groups -OCH3 is 1. The number of benzene rings is 1. The van der Waals surface area contributed by atoms with Crippen LogP contribution in [0.2, 0.25) is 0 Å². The normalized spacial score (nSPS) is 20.3. The number of pyridine rings is 1. The fourth-order valence-corrected chi connectivity index (χ4v) is 3.63. The van der Waals surface area contributed by atoms with Crippen LogP contribution in [0.15, 0.2) is 59.4 Å². The van der Waals surface area contributed by atoms with Crippen molar-refractivity contribution in [2.75, 3.05) is 20.2 Å². The molecule has 0 aliphatic carbocycles. The first kappa shape index (κ1) is 21.7. The molecule has 3 heterocycles. The standard InChI is InChI=1S/C25H20N4O4/c1-4-17-14-29(22(30)20(17)13-16(2)33-3)15-25(23(31)27-24(32)28-25)12-11-19-10-9-18-7-5-6-8-21(18)26-19/h1,5-10,13H,14-15H2,2-3H3,(H2,27,28,31,32)/b16-13+/t25-/m1/s1. The summed E-state index contributed by atoms with van der Waals surface area (Å²) in [5.74, 6) is 7.73. The Labute approximate surface area is 190 Å². The number of allylic oxidation sites excluding steroid dienone is 1. The summed E-state index contributed by atoms with van der Waals surface area (Å²) < 4.78 is 5.13. The molecular formula is C25H20N4O4. The fourth-order valence-electron chi connectivity index (χ4n) is 3.63. The van der Waals surface area contributed by atoms with Gasteiger partial charge in [0.15, 0.2) is 0 Å². The van der Waals surface area contributed by atoms with E-state index < -0.39 is 17.5 Å². The zero-order chi connectivity index (χ0) is 23.6. The average Bonchev–Trinajstić information content (AvgIpc) is 3.26. The lowest BCUT2D eigenvalue weighted by atomic mass is 9.99. The fraction of sp³-hybridized carbons (Fsp3) is 0.200. The number of carbonyl (C=O) groups is 3. The van der Waals surface area contributed by atoms with Gasteiger partial charge in [-0.25, -0.2) is 9.78 Å². The zero-order valence-electron chi connectivity index (χ0n) is 18.1. The molecule has 2 N–H and O–H groups in total. The molecule has 8 nitrogen and oxygen atoms in total. The number of aromatic nitrogens is 1. The molecule has 8 heteroatoms. The molecular weight excluding hydrogens is 420 g/mol. The van der Waals surface area contributed by atoms with E-state index in [4.69, 9.17) is 11.2 Å². The van der Waals surface area contributed by atoms with Crippen LogP contribution in [-0.4, -0.2) is 53.5 Å². The number of hydrogen-bond acceptors (Lipinski definition) is 5. The second-order valence-electron chi connectivity index (χ2n) is 7.61. The van der Waals surface area contributed by atoms with Crippen LogP contribution < -0.4 is 10.6 Å². The molecule has 1 saturated heterocycles. The maximum absolute atomic E-state index is 13.0. The van der Waals surface area contributed by atoms with Crippen molar-refractivity contribution in [2.24, 2.45) is 0 Å². The highest BCUT2D eigenvalue weighted by Crippen LogP contribution is 2.24. The molecule has 0 bridgehead atoms. The number of hydrogen-bond donors (Lipinski definition) is 2. The van der Waals surface area contributed by atoms with Crippen LogP contribution >= 0.6 is 0 Å². The van der Waals surface area contributed by atoms with Gasteiger partial charge in [0.05, 0.1) is 37.0 Å². The van der Waals surface area contributed by atoms with Crippen LogP contribution in [0, 0.1) is 24.2 Å². The highest BCUT2D eigenvalue weighted by atomic mass is 16.5. The van der Waals surface area contributed by atoms with Crippen LogP contribution in [-0.2, 0) is 14.3 Å². The minimum absolute atomic E-state index is 0.110. The number of imide groups is 1. The smallest absolute Gasteiger partial charge is 0.323 e. The Morgan fingerprint density at radius 1 is 1.27 bits per heavy atom. The maximum Gasteiger partial charge on any atom is 0.323 e. The van der Waals surface area contributed by atoms with Gasteiger partial charge in [-0.1, -0.05) is 36.1 Å². The van der Waals surface area contributed by atoms with Gasteiger partial charge in [-0.3, -0.25) is 14.9 Å². The molecule has 4 rings (SSSR count). The van der Waals surface area contributed by atoms with E-state index in [9.17, 15) is 14.4 Å². The predicted molar refractivity (Wildman–Crippen MR) is 121 cm³/mol. The van der Waals surface area contributed by atoms with Crippen LogP contribution in [0.3, 0.4) is 0 Å². The summed E-state index contributed by atoms with van der Waals surface area (Å²) in [6.07, 6.45) is 7.15. The number of nitrogens with zero attached hydrogens (tertiary/aromatic N) is 2. The largest absolute Gasteiger partial charge is 0.501 e. The highest BCUT2D eigenvalue weighted by molar-refractivity contribution is 6.10. The van der Waals surface area contributed by atoms with Crippen molar-refractivity contribution in [1.29, 1.82) is 0 Å².